The van der Waals surface area contributed by atoms with Crippen molar-refractivity contribution in [2.24, 2.45) is 5.73 Å². The van der Waals surface area contributed by atoms with Gasteiger partial charge in [-0.1, -0.05) is 30.3 Å². The summed E-state index contributed by atoms with van der Waals surface area (Å²) >= 11 is 0. The molecule has 0 aliphatic rings. The first-order valence-electron chi connectivity index (χ1n) is 6.33. The zero-order chi connectivity index (χ0) is 12.8. The van der Waals surface area contributed by atoms with E-state index in [1.54, 1.807) is 0 Å². The van der Waals surface area contributed by atoms with Crippen LogP contribution in [0.2, 0.25) is 0 Å². The van der Waals surface area contributed by atoms with Crippen LogP contribution >= 0.6 is 0 Å². The van der Waals surface area contributed by atoms with E-state index in [1.807, 2.05) is 25.4 Å². The number of rotatable bonds is 5. The Bertz CT molecular complexity index is 463. The second-order valence-corrected chi connectivity index (χ2v) is 4.67. The number of nitrogens with zero attached hydrogens (tertiary/aromatic N) is 2. The number of aryl methyl sites for hydroxylation is 2. The molecule has 0 saturated carbocycles. The molecule has 0 aliphatic carbocycles. The molecule has 18 heavy (non-hydrogen) atoms. The van der Waals surface area contributed by atoms with E-state index in [4.69, 9.17) is 5.73 Å². The predicted molar refractivity (Wildman–Crippen MR) is 73.2 cm³/mol. The first-order chi connectivity index (χ1) is 8.74. The SMILES string of the molecule is CC(N)Cc1cnc(CCc2ccccc2)nc1. The van der Waals surface area contributed by atoms with Crippen molar-refractivity contribution in [1.82, 2.24) is 9.97 Å². The molecule has 0 fully saturated rings. The summed E-state index contributed by atoms with van der Waals surface area (Å²) in [6.45, 7) is 1.99. The Kier molecular flexibility index (Phi) is 4.42. The third kappa shape index (κ3) is 3.93. The van der Waals surface area contributed by atoms with Gasteiger partial charge in [0.05, 0.1) is 0 Å². The Balaban J connectivity index is 1.90. The molecular formula is C15H19N3. The summed E-state index contributed by atoms with van der Waals surface area (Å²) < 4.78 is 0. The lowest BCUT2D eigenvalue weighted by Gasteiger charge is -2.05. The van der Waals surface area contributed by atoms with Crippen molar-refractivity contribution in [3.63, 3.8) is 0 Å². The fraction of sp³-hybridized carbons (Fsp3) is 0.333. The Morgan fingerprint density at radius 1 is 1.00 bits per heavy atom. The second-order valence-electron chi connectivity index (χ2n) is 4.67. The molecule has 1 atom stereocenters. The zero-order valence-corrected chi connectivity index (χ0v) is 10.7. The van der Waals surface area contributed by atoms with E-state index < -0.39 is 0 Å². The van der Waals surface area contributed by atoms with Crippen LogP contribution in [0.4, 0.5) is 0 Å². The predicted octanol–water partition coefficient (Wildman–Crippen LogP) is 2.15. The van der Waals surface area contributed by atoms with Crippen LogP contribution < -0.4 is 5.73 Å². The van der Waals surface area contributed by atoms with Crippen LogP contribution in [-0.4, -0.2) is 16.0 Å². The van der Waals surface area contributed by atoms with Crippen molar-refractivity contribution in [2.75, 3.05) is 0 Å². The minimum absolute atomic E-state index is 0.156. The van der Waals surface area contributed by atoms with E-state index in [2.05, 4.69) is 34.2 Å². The summed E-state index contributed by atoms with van der Waals surface area (Å²) in [5.74, 6) is 0.896. The van der Waals surface area contributed by atoms with Crippen LogP contribution in [0.25, 0.3) is 0 Å². The monoisotopic (exact) mass is 241 g/mol. The lowest BCUT2D eigenvalue weighted by molar-refractivity contribution is 0.727. The summed E-state index contributed by atoms with van der Waals surface area (Å²) in [5.41, 5.74) is 8.17. The summed E-state index contributed by atoms with van der Waals surface area (Å²) in [6, 6.07) is 10.6. The second kappa shape index (κ2) is 6.26. The van der Waals surface area contributed by atoms with Crippen molar-refractivity contribution in [1.29, 1.82) is 0 Å². The van der Waals surface area contributed by atoms with Crippen LogP contribution in [0.3, 0.4) is 0 Å². The molecular weight excluding hydrogens is 222 g/mol. The third-order valence-electron chi connectivity index (χ3n) is 2.80. The highest BCUT2D eigenvalue weighted by molar-refractivity contribution is 5.16. The molecule has 0 bridgehead atoms. The van der Waals surface area contributed by atoms with Gasteiger partial charge in [-0.15, -0.1) is 0 Å². The van der Waals surface area contributed by atoms with Crippen molar-refractivity contribution < 1.29 is 0 Å². The van der Waals surface area contributed by atoms with Gasteiger partial charge in [0.2, 0.25) is 0 Å². The molecule has 2 N–H and O–H groups in total. The lowest BCUT2D eigenvalue weighted by atomic mass is 10.1. The quantitative estimate of drug-likeness (QED) is 0.872. The molecule has 0 saturated heterocycles. The van der Waals surface area contributed by atoms with E-state index in [-0.39, 0.29) is 6.04 Å². The fourth-order valence-electron chi connectivity index (χ4n) is 1.89. The van der Waals surface area contributed by atoms with E-state index in [0.717, 1.165) is 30.7 Å². The normalized spacial score (nSPS) is 12.3. The summed E-state index contributed by atoms with van der Waals surface area (Å²) in [5, 5.41) is 0. The van der Waals surface area contributed by atoms with Crippen LogP contribution in [-0.2, 0) is 19.3 Å². The molecule has 0 aliphatic heterocycles. The van der Waals surface area contributed by atoms with Crippen molar-refractivity contribution >= 4 is 0 Å². The van der Waals surface area contributed by atoms with Crippen LogP contribution in [0.15, 0.2) is 42.7 Å². The van der Waals surface area contributed by atoms with Crippen LogP contribution in [0.5, 0.6) is 0 Å². The van der Waals surface area contributed by atoms with Crippen LogP contribution in [0, 0.1) is 0 Å². The summed E-state index contributed by atoms with van der Waals surface area (Å²) in [4.78, 5) is 8.76. The van der Waals surface area contributed by atoms with Crippen LogP contribution in [0.1, 0.15) is 23.9 Å². The molecule has 1 unspecified atom stereocenters. The van der Waals surface area contributed by atoms with E-state index in [9.17, 15) is 0 Å². The van der Waals surface area contributed by atoms with Gasteiger partial charge in [0.25, 0.3) is 0 Å². The number of hydrogen-bond donors (Lipinski definition) is 1. The van der Waals surface area contributed by atoms with Crippen molar-refractivity contribution in [3.8, 4) is 0 Å². The molecule has 1 aromatic carbocycles. The maximum absolute atomic E-state index is 5.74. The molecule has 1 aromatic heterocycles. The smallest absolute Gasteiger partial charge is 0.128 e. The van der Waals surface area contributed by atoms with E-state index in [0.29, 0.717) is 0 Å². The minimum Gasteiger partial charge on any atom is -0.328 e. The standard InChI is InChI=1S/C15H19N3/c1-12(16)9-14-10-17-15(18-11-14)8-7-13-5-3-2-4-6-13/h2-6,10-12H,7-9,16H2,1H3. The van der Waals surface area contributed by atoms with Gasteiger partial charge in [-0.05, 0) is 30.9 Å². The maximum Gasteiger partial charge on any atom is 0.128 e. The van der Waals surface area contributed by atoms with E-state index >= 15 is 0 Å². The van der Waals surface area contributed by atoms with Gasteiger partial charge in [-0.25, -0.2) is 9.97 Å². The molecule has 1 heterocycles. The highest BCUT2D eigenvalue weighted by atomic mass is 14.9. The molecule has 3 nitrogen and oxygen atoms in total. The Hall–Kier alpha value is -1.74. The summed E-state index contributed by atoms with van der Waals surface area (Å²) in [6.07, 6.45) is 6.46. The lowest BCUT2D eigenvalue weighted by Crippen LogP contribution is -2.18. The third-order valence-corrected chi connectivity index (χ3v) is 2.80. The molecule has 2 aromatic rings. The minimum atomic E-state index is 0.156. The molecule has 2 rings (SSSR count). The van der Waals surface area contributed by atoms with Gasteiger partial charge in [-0.3, -0.25) is 0 Å². The Morgan fingerprint density at radius 2 is 1.67 bits per heavy atom. The van der Waals surface area contributed by atoms with Gasteiger partial charge in [0.1, 0.15) is 5.82 Å². The Morgan fingerprint density at radius 3 is 2.28 bits per heavy atom. The molecule has 94 valence electrons. The van der Waals surface area contributed by atoms with E-state index in [1.165, 1.54) is 5.56 Å². The highest BCUT2D eigenvalue weighted by Crippen LogP contribution is 2.05. The molecule has 0 radical (unpaired) electrons. The first-order valence-corrected chi connectivity index (χ1v) is 6.33. The summed E-state index contributed by atoms with van der Waals surface area (Å²) in [7, 11) is 0. The van der Waals surface area contributed by atoms with Gasteiger partial charge in [0, 0.05) is 24.9 Å². The van der Waals surface area contributed by atoms with Crippen molar-refractivity contribution in [2.45, 2.75) is 32.2 Å². The largest absolute Gasteiger partial charge is 0.328 e. The van der Waals surface area contributed by atoms with Crippen molar-refractivity contribution in [3.05, 3.63) is 59.7 Å². The molecule has 0 spiro atoms. The number of hydrogen-bond acceptors (Lipinski definition) is 3. The molecule has 0 amide bonds. The number of aromatic nitrogens is 2. The topological polar surface area (TPSA) is 51.8 Å². The van der Waals surface area contributed by atoms with Gasteiger partial charge in [0.15, 0.2) is 0 Å². The number of nitrogens with two attached hydrogens (primary N) is 1. The molecule has 3 heteroatoms. The highest BCUT2D eigenvalue weighted by Gasteiger charge is 2.01. The Labute approximate surface area is 108 Å². The zero-order valence-electron chi connectivity index (χ0n) is 10.7. The first kappa shape index (κ1) is 12.7. The number of benzene rings is 1. The van der Waals surface area contributed by atoms with Gasteiger partial charge in [-0.2, -0.15) is 0 Å². The average molecular weight is 241 g/mol. The fourth-order valence-corrected chi connectivity index (χ4v) is 1.89. The van der Waals surface area contributed by atoms with Gasteiger partial charge >= 0.3 is 0 Å². The average Bonchev–Trinajstić information content (AvgIpc) is 2.38. The van der Waals surface area contributed by atoms with Gasteiger partial charge < -0.3 is 5.73 Å². The maximum atomic E-state index is 5.74.